The molecule has 1 N–H and O–H groups in total. The Kier molecular flexibility index (Phi) is 3.34. The molecule has 16 heavy (non-hydrogen) atoms. The van der Waals surface area contributed by atoms with Crippen LogP contribution in [0.25, 0.3) is 0 Å². The van der Waals surface area contributed by atoms with Crippen LogP contribution in [0.4, 0.5) is 0 Å². The Morgan fingerprint density at radius 3 is 2.62 bits per heavy atom. The maximum Gasteiger partial charge on any atom is 0.306 e. The molecule has 1 heterocycles. The lowest BCUT2D eigenvalue weighted by atomic mass is 9.87. The molecular weight excluding hydrogens is 208 g/mol. The third kappa shape index (κ3) is 2.68. The maximum absolute atomic E-state index is 10.8. The van der Waals surface area contributed by atoms with E-state index in [-0.39, 0.29) is 12.0 Å². The topological polar surface area (TPSA) is 72.3 Å². The highest BCUT2D eigenvalue weighted by atomic mass is 16.5. The van der Waals surface area contributed by atoms with Crippen molar-refractivity contribution in [3.8, 4) is 5.88 Å². The van der Waals surface area contributed by atoms with Crippen LogP contribution in [-0.2, 0) is 4.79 Å². The normalized spacial score (nSPS) is 25.0. The first-order chi connectivity index (χ1) is 7.75. The van der Waals surface area contributed by atoms with Crippen molar-refractivity contribution in [2.24, 2.45) is 5.92 Å². The van der Waals surface area contributed by atoms with Gasteiger partial charge in [-0.3, -0.25) is 9.78 Å². The monoisotopic (exact) mass is 222 g/mol. The van der Waals surface area contributed by atoms with Gasteiger partial charge in [-0.05, 0) is 25.7 Å². The molecule has 86 valence electrons. The van der Waals surface area contributed by atoms with Crippen LogP contribution in [0.1, 0.15) is 25.7 Å². The Morgan fingerprint density at radius 1 is 1.31 bits per heavy atom. The number of rotatable bonds is 3. The Labute approximate surface area is 93.5 Å². The van der Waals surface area contributed by atoms with Gasteiger partial charge in [0.15, 0.2) is 0 Å². The van der Waals surface area contributed by atoms with Gasteiger partial charge in [-0.2, -0.15) is 0 Å². The highest BCUT2D eigenvalue weighted by Crippen LogP contribution is 2.26. The van der Waals surface area contributed by atoms with Crippen molar-refractivity contribution in [3.63, 3.8) is 0 Å². The van der Waals surface area contributed by atoms with Crippen LogP contribution in [0, 0.1) is 5.92 Å². The van der Waals surface area contributed by atoms with Gasteiger partial charge in [0.05, 0.1) is 12.1 Å². The van der Waals surface area contributed by atoms with E-state index in [0.717, 1.165) is 12.8 Å². The van der Waals surface area contributed by atoms with Gasteiger partial charge >= 0.3 is 5.97 Å². The summed E-state index contributed by atoms with van der Waals surface area (Å²) in [7, 11) is 0. The zero-order chi connectivity index (χ0) is 11.4. The molecule has 1 aromatic rings. The van der Waals surface area contributed by atoms with Gasteiger partial charge in [-0.15, -0.1) is 0 Å². The number of aromatic nitrogens is 2. The Balaban J connectivity index is 1.84. The highest BCUT2D eigenvalue weighted by Gasteiger charge is 2.26. The molecule has 0 radical (unpaired) electrons. The molecular formula is C11H14N2O3. The first-order valence-corrected chi connectivity index (χ1v) is 5.41. The van der Waals surface area contributed by atoms with Gasteiger partial charge in [0.2, 0.25) is 5.88 Å². The summed E-state index contributed by atoms with van der Waals surface area (Å²) in [6.07, 6.45) is 7.73. The molecule has 1 aliphatic rings. The minimum absolute atomic E-state index is 0.0762. The highest BCUT2D eigenvalue weighted by molar-refractivity contribution is 5.70. The van der Waals surface area contributed by atoms with E-state index < -0.39 is 5.97 Å². The molecule has 5 heteroatoms. The quantitative estimate of drug-likeness (QED) is 0.839. The van der Waals surface area contributed by atoms with Crippen molar-refractivity contribution in [3.05, 3.63) is 18.6 Å². The lowest BCUT2D eigenvalue weighted by molar-refractivity contribution is -0.143. The first-order valence-electron chi connectivity index (χ1n) is 5.41. The summed E-state index contributed by atoms with van der Waals surface area (Å²) < 4.78 is 5.62. The molecule has 0 aromatic carbocycles. The van der Waals surface area contributed by atoms with E-state index in [1.165, 1.54) is 0 Å². The average Bonchev–Trinajstić information content (AvgIpc) is 2.31. The molecule has 0 bridgehead atoms. The predicted molar refractivity (Wildman–Crippen MR) is 56.0 cm³/mol. The third-order valence-corrected chi connectivity index (χ3v) is 2.85. The second-order valence-electron chi connectivity index (χ2n) is 3.97. The molecule has 0 unspecified atom stereocenters. The minimum atomic E-state index is -0.696. The van der Waals surface area contributed by atoms with Crippen molar-refractivity contribution < 1.29 is 14.6 Å². The van der Waals surface area contributed by atoms with Crippen LogP contribution in [-0.4, -0.2) is 27.1 Å². The SMILES string of the molecule is O=C(O)[C@H]1CC[C@H](Oc2cnccn2)CC1. The summed E-state index contributed by atoms with van der Waals surface area (Å²) in [6.45, 7) is 0. The summed E-state index contributed by atoms with van der Waals surface area (Å²) in [5.74, 6) is -0.388. The van der Waals surface area contributed by atoms with Gasteiger partial charge in [0.1, 0.15) is 6.10 Å². The van der Waals surface area contributed by atoms with Crippen LogP contribution in [0.5, 0.6) is 5.88 Å². The molecule has 1 aromatic heterocycles. The van der Waals surface area contributed by atoms with Crippen LogP contribution in [0.3, 0.4) is 0 Å². The molecule has 0 spiro atoms. The molecule has 5 nitrogen and oxygen atoms in total. The predicted octanol–water partition coefficient (Wildman–Crippen LogP) is 1.50. The number of hydrogen-bond acceptors (Lipinski definition) is 4. The summed E-state index contributed by atoms with van der Waals surface area (Å²) in [4.78, 5) is 18.7. The van der Waals surface area contributed by atoms with Gasteiger partial charge < -0.3 is 9.84 Å². The Bertz CT molecular complexity index is 348. The van der Waals surface area contributed by atoms with E-state index in [9.17, 15) is 4.79 Å². The van der Waals surface area contributed by atoms with Crippen LogP contribution in [0.2, 0.25) is 0 Å². The van der Waals surface area contributed by atoms with E-state index >= 15 is 0 Å². The summed E-state index contributed by atoms with van der Waals surface area (Å²) in [5, 5.41) is 8.85. The molecule has 1 saturated carbocycles. The second-order valence-corrected chi connectivity index (χ2v) is 3.97. The Hall–Kier alpha value is -1.65. The van der Waals surface area contributed by atoms with Gasteiger partial charge in [0, 0.05) is 12.4 Å². The van der Waals surface area contributed by atoms with Crippen molar-refractivity contribution >= 4 is 5.97 Å². The fourth-order valence-electron chi connectivity index (χ4n) is 1.94. The summed E-state index contributed by atoms with van der Waals surface area (Å²) in [5.41, 5.74) is 0. The number of nitrogens with zero attached hydrogens (tertiary/aromatic N) is 2. The third-order valence-electron chi connectivity index (χ3n) is 2.85. The fourth-order valence-corrected chi connectivity index (χ4v) is 1.94. The van der Waals surface area contributed by atoms with Gasteiger partial charge in [-0.25, -0.2) is 4.98 Å². The lowest BCUT2D eigenvalue weighted by Crippen LogP contribution is -2.28. The smallest absolute Gasteiger partial charge is 0.306 e. The Morgan fingerprint density at radius 2 is 2.06 bits per heavy atom. The average molecular weight is 222 g/mol. The maximum atomic E-state index is 10.8. The largest absolute Gasteiger partial charge is 0.481 e. The number of aliphatic carboxylic acids is 1. The van der Waals surface area contributed by atoms with Gasteiger partial charge in [0.25, 0.3) is 0 Å². The summed E-state index contributed by atoms with van der Waals surface area (Å²) >= 11 is 0. The van der Waals surface area contributed by atoms with E-state index in [0.29, 0.717) is 18.7 Å². The zero-order valence-corrected chi connectivity index (χ0v) is 8.87. The second kappa shape index (κ2) is 4.92. The summed E-state index contributed by atoms with van der Waals surface area (Å²) in [6, 6.07) is 0. The van der Waals surface area contributed by atoms with Crippen LogP contribution >= 0.6 is 0 Å². The molecule has 0 saturated heterocycles. The number of carboxylic acids is 1. The van der Waals surface area contributed by atoms with Gasteiger partial charge in [-0.1, -0.05) is 0 Å². The van der Waals surface area contributed by atoms with Crippen LogP contribution < -0.4 is 4.74 Å². The lowest BCUT2D eigenvalue weighted by Gasteiger charge is -2.26. The fraction of sp³-hybridized carbons (Fsp3) is 0.545. The molecule has 0 amide bonds. The number of carbonyl (C=O) groups is 1. The number of carboxylic acid groups (broad SMARTS) is 1. The van der Waals surface area contributed by atoms with Crippen LogP contribution in [0.15, 0.2) is 18.6 Å². The molecule has 0 aliphatic heterocycles. The standard InChI is InChI=1S/C11H14N2O3/c14-11(15)8-1-3-9(4-2-8)16-10-7-12-5-6-13-10/h5-9H,1-4H2,(H,14,15)/t8-,9-. The van der Waals surface area contributed by atoms with E-state index in [2.05, 4.69) is 9.97 Å². The number of hydrogen-bond donors (Lipinski definition) is 1. The first kappa shape index (κ1) is 10.9. The minimum Gasteiger partial charge on any atom is -0.481 e. The van der Waals surface area contributed by atoms with E-state index in [1.54, 1.807) is 18.6 Å². The molecule has 1 aliphatic carbocycles. The van der Waals surface area contributed by atoms with E-state index in [1.807, 2.05) is 0 Å². The van der Waals surface area contributed by atoms with Crippen molar-refractivity contribution in [1.82, 2.24) is 9.97 Å². The van der Waals surface area contributed by atoms with Crippen molar-refractivity contribution in [2.75, 3.05) is 0 Å². The molecule has 2 rings (SSSR count). The van der Waals surface area contributed by atoms with Crippen molar-refractivity contribution in [1.29, 1.82) is 0 Å². The zero-order valence-electron chi connectivity index (χ0n) is 8.87. The number of ether oxygens (including phenoxy) is 1. The molecule has 1 fully saturated rings. The van der Waals surface area contributed by atoms with Crippen molar-refractivity contribution in [2.45, 2.75) is 31.8 Å². The van der Waals surface area contributed by atoms with E-state index in [4.69, 9.17) is 9.84 Å². The molecule has 0 atom stereocenters.